The number of nitrogens with zero attached hydrogens (tertiary/aromatic N) is 3. The van der Waals surface area contributed by atoms with Crippen LogP contribution in [0, 0.1) is 11.3 Å². The van der Waals surface area contributed by atoms with Crippen molar-refractivity contribution in [3.63, 3.8) is 0 Å². The molecule has 270 valence electrons. The smallest absolute Gasteiger partial charge is 0.104 e. The van der Waals surface area contributed by atoms with Gasteiger partial charge in [0, 0.05) is 21.5 Å². The quantitative estimate of drug-likeness (QED) is 0.167. The molecule has 0 amide bonds. The first-order valence-corrected chi connectivity index (χ1v) is 19.7. The highest BCUT2D eigenvalue weighted by atomic mass is 15.0. The molecular formula is C55H35N3. The second-order valence-electron chi connectivity index (χ2n) is 14.8. The van der Waals surface area contributed by atoms with Crippen LogP contribution in [0.25, 0.3) is 99.5 Å². The van der Waals surface area contributed by atoms with Crippen LogP contribution in [0.4, 0.5) is 0 Å². The molecule has 0 saturated carbocycles. The van der Waals surface area contributed by atoms with E-state index in [-0.39, 0.29) is 0 Å². The first kappa shape index (κ1) is 33.4. The van der Waals surface area contributed by atoms with E-state index in [9.17, 15) is 5.26 Å². The van der Waals surface area contributed by atoms with Gasteiger partial charge in [0.05, 0.1) is 33.4 Å². The van der Waals surface area contributed by atoms with E-state index in [1.807, 2.05) is 0 Å². The van der Waals surface area contributed by atoms with Crippen molar-refractivity contribution in [3.8, 4) is 62.0 Å². The first-order valence-electron chi connectivity index (χ1n) is 19.7. The summed E-state index contributed by atoms with van der Waals surface area (Å²) in [5.74, 6) is 0. The Hall–Kier alpha value is -7.93. The van der Waals surface area contributed by atoms with Crippen LogP contribution in [0.15, 0.2) is 212 Å². The van der Waals surface area contributed by atoms with Gasteiger partial charge in [-0.25, -0.2) is 0 Å². The highest BCUT2D eigenvalue weighted by molar-refractivity contribution is 6.13. The molecule has 11 rings (SSSR count). The topological polar surface area (TPSA) is 33.6 Å². The zero-order chi connectivity index (χ0) is 38.6. The van der Waals surface area contributed by atoms with E-state index in [0.29, 0.717) is 5.56 Å². The van der Waals surface area contributed by atoms with Crippen molar-refractivity contribution in [1.82, 2.24) is 9.13 Å². The Morgan fingerprint density at radius 1 is 0.276 bits per heavy atom. The molecule has 0 radical (unpaired) electrons. The number of benzene rings is 9. The maximum Gasteiger partial charge on any atom is 0.104 e. The van der Waals surface area contributed by atoms with Crippen LogP contribution < -0.4 is 0 Å². The van der Waals surface area contributed by atoms with E-state index < -0.39 is 0 Å². The minimum atomic E-state index is 0.606. The maximum absolute atomic E-state index is 11.4. The molecule has 11 aromatic rings. The largest absolute Gasteiger partial charge is 0.308 e. The van der Waals surface area contributed by atoms with Gasteiger partial charge in [-0.2, -0.15) is 5.26 Å². The summed E-state index contributed by atoms with van der Waals surface area (Å²) in [6.07, 6.45) is 0. The van der Waals surface area contributed by atoms with Gasteiger partial charge < -0.3 is 9.13 Å². The maximum atomic E-state index is 11.4. The van der Waals surface area contributed by atoms with Gasteiger partial charge in [0.15, 0.2) is 0 Å². The van der Waals surface area contributed by atoms with Crippen molar-refractivity contribution in [1.29, 1.82) is 5.26 Å². The number of hydrogen-bond donors (Lipinski definition) is 0. The zero-order valence-corrected chi connectivity index (χ0v) is 31.5. The third kappa shape index (κ3) is 5.43. The molecule has 0 fully saturated rings. The molecule has 0 N–H and O–H groups in total. The molecule has 9 aromatic carbocycles. The fourth-order valence-corrected chi connectivity index (χ4v) is 8.82. The molecule has 0 bridgehead atoms. The monoisotopic (exact) mass is 737 g/mol. The summed E-state index contributed by atoms with van der Waals surface area (Å²) in [7, 11) is 0. The predicted octanol–water partition coefficient (Wildman–Crippen LogP) is 14.4. The summed E-state index contributed by atoms with van der Waals surface area (Å²) >= 11 is 0. The van der Waals surface area contributed by atoms with E-state index >= 15 is 0 Å². The number of rotatable bonds is 6. The molecule has 3 heteroatoms. The van der Waals surface area contributed by atoms with E-state index in [1.165, 1.54) is 11.1 Å². The van der Waals surface area contributed by atoms with Gasteiger partial charge in [0.1, 0.15) is 11.6 Å². The molecular weight excluding hydrogens is 703 g/mol. The van der Waals surface area contributed by atoms with Gasteiger partial charge in [0.2, 0.25) is 0 Å². The third-order valence-corrected chi connectivity index (χ3v) is 11.6. The summed E-state index contributed by atoms with van der Waals surface area (Å²) in [5, 5.41) is 15.9. The first-order chi connectivity index (χ1) is 28.7. The van der Waals surface area contributed by atoms with Gasteiger partial charge in [0.25, 0.3) is 0 Å². The van der Waals surface area contributed by atoms with E-state index in [4.69, 9.17) is 0 Å². The van der Waals surface area contributed by atoms with Crippen LogP contribution in [0.1, 0.15) is 5.56 Å². The molecule has 2 heterocycles. The summed E-state index contributed by atoms with van der Waals surface area (Å²) < 4.78 is 4.59. The standard InChI is InChI=1S/C55H35N3/c56-36-49-50(57-52-30-26-41(37-14-5-1-6-15-37)32-47(52)45-28-24-43(34-54(45)57)39-18-9-3-10-19-39)22-13-23-51(49)58-53-31-27-42(38-16-7-2-8-17-38)33-48(53)46-29-25-44(35-55(46)58)40-20-11-4-12-21-40/h1-35H. The summed E-state index contributed by atoms with van der Waals surface area (Å²) in [6.45, 7) is 0. The zero-order valence-electron chi connectivity index (χ0n) is 31.5. The molecule has 0 aliphatic carbocycles. The number of fused-ring (bicyclic) bond motifs is 6. The van der Waals surface area contributed by atoms with Crippen molar-refractivity contribution in [2.75, 3.05) is 0 Å². The summed E-state index contributed by atoms with van der Waals surface area (Å²) in [6, 6.07) is 78.0. The molecule has 0 aliphatic rings. The molecule has 0 atom stereocenters. The van der Waals surface area contributed by atoms with Crippen molar-refractivity contribution in [2.45, 2.75) is 0 Å². The van der Waals surface area contributed by atoms with Crippen molar-refractivity contribution < 1.29 is 0 Å². The highest BCUT2D eigenvalue weighted by Gasteiger charge is 2.22. The second-order valence-corrected chi connectivity index (χ2v) is 14.8. The SMILES string of the molecule is N#Cc1c(-n2c3ccc(-c4ccccc4)cc3c3ccc(-c4ccccc4)cc32)cccc1-n1c2ccc(-c3ccccc3)cc2c2ccc(-c3ccccc3)cc21. The molecule has 2 aromatic heterocycles. The Balaban J connectivity index is 1.20. The van der Waals surface area contributed by atoms with Crippen LogP contribution in [0.2, 0.25) is 0 Å². The molecule has 0 spiro atoms. The number of hydrogen-bond acceptors (Lipinski definition) is 1. The van der Waals surface area contributed by atoms with Crippen LogP contribution >= 0.6 is 0 Å². The Kier molecular flexibility index (Phi) is 7.88. The van der Waals surface area contributed by atoms with E-state index in [2.05, 4.69) is 228 Å². The number of aromatic nitrogens is 2. The molecule has 3 nitrogen and oxygen atoms in total. The van der Waals surface area contributed by atoms with Gasteiger partial charge in [-0.1, -0.05) is 164 Å². The average molecular weight is 738 g/mol. The summed E-state index contributed by atoms with van der Waals surface area (Å²) in [5.41, 5.74) is 15.7. The average Bonchev–Trinajstić information content (AvgIpc) is 3.81. The van der Waals surface area contributed by atoms with Crippen molar-refractivity contribution in [2.24, 2.45) is 0 Å². The fraction of sp³-hybridized carbons (Fsp3) is 0. The van der Waals surface area contributed by atoms with Crippen LogP contribution in [0.3, 0.4) is 0 Å². The predicted molar refractivity (Wildman–Crippen MR) is 242 cm³/mol. The molecule has 0 aliphatic heterocycles. The minimum Gasteiger partial charge on any atom is -0.308 e. The number of nitriles is 1. The Labute approximate surface area is 336 Å². The second kappa shape index (κ2) is 13.7. The minimum absolute atomic E-state index is 0.606. The van der Waals surface area contributed by atoms with Crippen molar-refractivity contribution >= 4 is 43.6 Å². The van der Waals surface area contributed by atoms with Crippen molar-refractivity contribution in [3.05, 3.63) is 218 Å². The molecule has 0 unspecified atom stereocenters. The third-order valence-electron chi connectivity index (χ3n) is 11.6. The fourth-order valence-electron chi connectivity index (χ4n) is 8.82. The van der Waals surface area contributed by atoms with Gasteiger partial charge >= 0.3 is 0 Å². The van der Waals surface area contributed by atoms with Crippen LogP contribution in [-0.2, 0) is 0 Å². The Morgan fingerprint density at radius 2 is 0.621 bits per heavy atom. The van der Waals surface area contributed by atoms with Gasteiger partial charge in [-0.15, -0.1) is 0 Å². The Morgan fingerprint density at radius 3 is 0.983 bits per heavy atom. The van der Waals surface area contributed by atoms with E-state index in [1.54, 1.807) is 0 Å². The summed E-state index contributed by atoms with van der Waals surface area (Å²) in [4.78, 5) is 0. The normalized spacial score (nSPS) is 11.4. The van der Waals surface area contributed by atoms with Gasteiger partial charge in [-0.05, 0) is 93.0 Å². The van der Waals surface area contributed by atoms with E-state index in [0.717, 1.165) is 88.4 Å². The van der Waals surface area contributed by atoms with Gasteiger partial charge in [-0.3, -0.25) is 0 Å². The lowest BCUT2D eigenvalue weighted by Crippen LogP contribution is -2.04. The highest BCUT2D eigenvalue weighted by Crippen LogP contribution is 2.41. The molecule has 58 heavy (non-hydrogen) atoms. The lowest BCUT2D eigenvalue weighted by Gasteiger charge is -2.16. The molecule has 0 saturated heterocycles. The van der Waals surface area contributed by atoms with Crippen LogP contribution in [0.5, 0.6) is 0 Å². The van der Waals surface area contributed by atoms with Crippen LogP contribution in [-0.4, -0.2) is 9.13 Å². The Bertz CT molecular complexity index is 3150. The lowest BCUT2D eigenvalue weighted by atomic mass is 10.0. The lowest BCUT2D eigenvalue weighted by molar-refractivity contribution is 1.12.